The van der Waals surface area contributed by atoms with Crippen molar-refractivity contribution in [1.29, 1.82) is 0 Å². The van der Waals surface area contributed by atoms with Crippen LogP contribution < -0.4 is 5.73 Å². The third-order valence-electron chi connectivity index (χ3n) is 1.05. The lowest BCUT2D eigenvalue weighted by Crippen LogP contribution is -2.35. The number of alkyl halides is 1. The second-order valence-corrected chi connectivity index (χ2v) is 1.99. The molecule has 0 amide bonds. The van der Waals surface area contributed by atoms with E-state index in [4.69, 9.17) is 15.9 Å². The quantitative estimate of drug-likeness (QED) is 0.505. The summed E-state index contributed by atoms with van der Waals surface area (Å²) in [6, 6.07) is -1.46. The molecule has 0 heterocycles. The van der Waals surface area contributed by atoms with Crippen molar-refractivity contribution < 1.29 is 24.2 Å². The molecule has 0 aliphatic rings. The van der Waals surface area contributed by atoms with Gasteiger partial charge in [-0.15, -0.1) is 0 Å². The predicted molar refractivity (Wildman–Crippen MR) is 32.8 cm³/mol. The van der Waals surface area contributed by atoms with Crippen LogP contribution in [-0.4, -0.2) is 34.4 Å². The molecule has 5 nitrogen and oxygen atoms in total. The van der Waals surface area contributed by atoms with E-state index in [2.05, 4.69) is 0 Å². The lowest BCUT2D eigenvalue weighted by molar-refractivity contribution is -0.144. The number of carboxylic acid groups (broad SMARTS) is 2. The first kappa shape index (κ1) is 9.83. The predicted octanol–water partition coefficient (Wildman–Crippen LogP) is -0.789. The highest BCUT2D eigenvalue weighted by atomic mass is 18.2. The zero-order valence-electron chi connectivity index (χ0n) is 5.53. The van der Waals surface area contributed by atoms with Gasteiger partial charge in [0.25, 0.3) is 0 Å². The first-order valence-electron chi connectivity index (χ1n) is 2.80. The Bertz CT molecular complexity index is 154. The molecule has 2 atom stereocenters. The first-order chi connectivity index (χ1) is 4.95. The molecule has 0 aliphatic carbocycles. The first-order valence-corrected chi connectivity index (χ1v) is 2.80. The van der Waals surface area contributed by atoms with E-state index in [0.29, 0.717) is 0 Å². The number of carbonyl (C=O) groups is 2. The van der Waals surface area contributed by atoms with Crippen LogP contribution in [0.3, 0.4) is 0 Å². The van der Waals surface area contributed by atoms with Gasteiger partial charge in [-0.25, -0.2) is 9.18 Å². The number of rotatable bonds is 4. The van der Waals surface area contributed by atoms with E-state index in [-0.39, 0.29) is 0 Å². The van der Waals surface area contributed by atoms with E-state index < -0.39 is 30.6 Å². The average molecular weight is 164 g/mol. The maximum absolute atomic E-state index is 12.2. The van der Waals surface area contributed by atoms with Crippen molar-refractivity contribution in [1.82, 2.24) is 0 Å². The fourth-order valence-electron chi connectivity index (χ4n) is 0.425. The van der Waals surface area contributed by atoms with E-state index in [1.165, 1.54) is 0 Å². The van der Waals surface area contributed by atoms with Crippen molar-refractivity contribution in [3.8, 4) is 0 Å². The van der Waals surface area contributed by atoms with Gasteiger partial charge in [0.15, 0.2) is 6.17 Å². The molecule has 0 rings (SSSR count). The van der Waals surface area contributed by atoms with Crippen LogP contribution in [-0.2, 0) is 9.59 Å². The third kappa shape index (κ3) is 3.51. The Balaban J connectivity index is 3.84. The van der Waals surface area contributed by atoms with Crippen molar-refractivity contribution in [2.24, 2.45) is 5.73 Å². The summed E-state index contributed by atoms with van der Waals surface area (Å²) < 4.78 is 12.2. The average Bonchev–Trinajstić information content (AvgIpc) is 1.87. The van der Waals surface area contributed by atoms with Gasteiger partial charge in [0.2, 0.25) is 0 Å². The van der Waals surface area contributed by atoms with Crippen molar-refractivity contribution in [3.63, 3.8) is 0 Å². The summed E-state index contributed by atoms with van der Waals surface area (Å²) in [6.45, 7) is 0. The topological polar surface area (TPSA) is 101 Å². The van der Waals surface area contributed by atoms with Gasteiger partial charge in [-0.2, -0.15) is 0 Å². The van der Waals surface area contributed by atoms with Crippen LogP contribution in [0.15, 0.2) is 0 Å². The van der Waals surface area contributed by atoms with Gasteiger partial charge in [0, 0.05) is 6.42 Å². The minimum atomic E-state index is -2.21. The van der Waals surface area contributed by atoms with Gasteiger partial charge in [0.05, 0.1) is 0 Å². The van der Waals surface area contributed by atoms with E-state index in [1.54, 1.807) is 0 Å². The Morgan fingerprint density at radius 3 is 2.09 bits per heavy atom. The summed E-state index contributed by atoms with van der Waals surface area (Å²) >= 11 is 0. The molecule has 0 radical (unpaired) electrons. The maximum atomic E-state index is 12.2. The molecule has 0 aromatic heterocycles. The maximum Gasteiger partial charge on any atom is 0.338 e. The molecular formula is C5H8FNO4. The van der Waals surface area contributed by atoms with Crippen LogP contribution in [0.2, 0.25) is 0 Å². The van der Waals surface area contributed by atoms with Crippen molar-refractivity contribution in [2.75, 3.05) is 0 Å². The fourth-order valence-corrected chi connectivity index (χ4v) is 0.425. The fraction of sp³-hybridized carbons (Fsp3) is 0.600. The number of nitrogens with two attached hydrogens (primary N) is 1. The molecule has 0 aromatic carbocycles. The number of aliphatic carboxylic acids is 2. The standard InChI is InChI=1S/C5H8FNO4/c6-2(4(8)9)1-3(7)5(10)11/h2-3H,1,7H2,(H,8,9)(H,10,11)/i6-1. The van der Waals surface area contributed by atoms with E-state index in [1.807, 2.05) is 0 Å². The number of hydrogen-bond acceptors (Lipinski definition) is 3. The Hall–Kier alpha value is -1.17. The summed E-state index contributed by atoms with van der Waals surface area (Å²) in [7, 11) is 0. The molecule has 4 N–H and O–H groups in total. The zero-order chi connectivity index (χ0) is 9.02. The minimum Gasteiger partial charge on any atom is -0.480 e. The summed E-state index contributed by atoms with van der Waals surface area (Å²) in [4.78, 5) is 19.8. The lowest BCUT2D eigenvalue weighted by Gasteiger charge is -2.06. The van der Waals surface area contributed by atoms with Crippen molar-refractivity contribution >= 4 is 11.9 Å². The van der Waals surface area contributed by atoms with E-state index in [0.717, 1.165) is 0 Å². The van der Waals surface area contributed by atoms with Gasteiger partial charge in [-0.3, -0.25) is 4.79 Å². The van der Waals surface area contributed by atoms with Crippen LogP contribution in [0.1, 0.15) is 6.42 Å². The largest absolute Gasteiger partial charge is 0.480 e. The molecule has 0 aromatic rings. The summed E-state index contributed by atoms with van der Waals surface area (Å²) in [5.74, 6) is -3.10. The molecule has 0 saturated heterocycles. The number of hydrogen-bond donors (Lipinski definition) is 3. The highest BCUT2D eigenvalue weighted by Crippen LogP contribution is 2.00. The Morgan fingerprint density at radius 1 is 1.36 bits per heavy atom. The van der Waals surface area contributed by atoms with E-state index >= 15 is 0 Å². The second-order valence-electron chi connectivity index (χ2n) is 1.99. The summed E-state index contributed by atoms with van der Waals surface area (Å²) in [6.07, 6.45) is -2.91. The van der Waals surface area contributed by atoms with Crippen LogP contribution >= 0.6 is 0 Å². The Labute approximate surface area is 61.6 Å². The van der Waals surface area contributed by atoms with E-state index in [9.17, 15) is 14.0 Å². The second kappa shape index (κ2) is 3.87. The highest BCUT2D eigenvalue weighted by Gasteiger charge is 2.23. The molecule has 2 unspecified atom stereocenters. The number of halogens is 1. The van der Waals surface area contributed by atoms with Crippen molar-refractivity contribution in [2.45, 2.75) is 18.6 Å². The third-order valence-corrected chi connectivity index (χ3v) is 1.05. The Morgan fingerprint density at radius 2 is 1.82 bits per heavy atom. The minimum absolute atomic E-state index is 0.704. The van der Waals surface area contributed by atoms with Crippen LogP contribution in [0, 0.1) is 0 Å². The van der Waals surface area contributed by atoms with Crippen molar-refractivity contribution in [3.05, 3.63) is 0 Å². The zero-order valence-corrected chi connectivity index (χ0v) is 5.53. The molecule has 11 heavy (non-hydrogen) atoms. The van der Waals surface area contributed by atoms with Gasteiger partial charge in [-0.1, -0.05) is 0 Å². The molecule has 0 saturated carbocycles. The van der Waals surface area contributed by atoms with Gasteiger partial charge >= 0.3 is 11.9 Å². The molecular weight excluding hydrogens is 156 g/mol. The molecule has 0 fully saturated rings. The molecule has 6 heteroatoms. The van der Waals surface area contributed by atoms with Gasteiger partial charge in [-0.05, 0) is 0 Å². The van der Waals surface area contributed by atoms with Gasteiger partial charge < -0.3 is 15.9 Å². The summed E-state index contributed by atoms with van der Waals surface area (Å²) in [5.41, 5.74) is 4.85. The highest BCUT2D eigenvalue weighted by molar-refractivity contribution is 5.76. The molecule has 64 valence electrons. The number of carboxylic acids is 2. The van der Waals surface area contributed by atoms with Crippen LogP contribution in [0.25, 0.3) is 0 Å². The van der Waals surface area contributed by atoms with Gasteiger partial charge in [0.1, 0.15) is 6.04 Å². The molecule has 0 spiro atoms. The molecule has 0 aliphatic heterocycles. The summed E-state index contributed by atoms with van der Waals surface area (Å²) in [5, 5.41) is 16.1. The van der Waals surface area contributed by atoms with Crippen LogP contribution in [0.4, 0.5) is 4.39 Å². The smallest absolute Gasteiger partial charge is 0.338 e. The molecule has 0 bridgehead atoms. The lowest BCUT2D eigenvalue weighted by atomic mass is 10.1. The SMILES string of the molecule is NC(CC([18F])C(=O)O)C(=O)O. The normalized spacial score (nSPS) is 15.5. The monoisotopic (exact) mass is 164 g/mol. The Kier molecular flexibility index (Phi) is 3.46. The van der Waals surface area contributed by atoms with Crippen LogP contribution in [0.5, 0.6) is 0 Å².